The van der Waals surface area contributed by atoms with Crippen molar-refractivity contribution in [1.29, 1.82) is 0 Å². The third-order valence-corrected chi connectivity index (χ3v) is 7.63. The maximum atomic E-state index is 6.35. The van der Waals surface area contributed by atoms with E-state index < -0.39 is 0 Å². The number of nitrogens with two attached hydrogens (primary N) is 1. The number of hydrogen-bond donors (Lipinski definition) is 3. The molecule has 0 saturated heterocycles. The van der Waals surface area contributed by atoms with Gasteiger partial charge in [0.2, 0.25) is 0 Å². The largest absolute Gasteiger partial charge is 0.402 e. The molecule has 1 aliphatic carbocycles. The number of terminal acetylenes is 1. The molecule has 222 valence electrons. The molecule has 2 heterocycles. The van der Waals surface area contributed by atoms with E-state index in [0.717, 1.165) is 50.7 Å². The summed E-state index contributed by atoms with van der Waals surface area (Å²) in [5, 5.41) is 6.89. The summed E-state index contributed by atoms with van der Waals surface area (Å²) in [6.07, 6.45) is 26.7. The Morgan fingerprint density at radius 2 is 1.72 bits per heavy atom. The molecule has 0 amide bonds. The van der Waals surface area contributed by atoms with E-state index >= 15 is 0 Å². The van der Waals surface area contributed by atoms with Crippen molar-refractivity contribution >= 4 is 23.8 Å². The lowest BCUT2D eigenvalue weighted by Crippen LogP contribution is -2.14. The maximum absolute atomic E-state index is 6.35. The molecule has 2 aromatic heterocycles. The summed E-state index contributed by atoms with van der Waals surface area (Å²) in [5.74, 6) is 0.518. The normalized spacial score (nSPS) is 13.8. The first kappa shape index (κ1) is 32.6. The highest BCUT2D eigenvalue weighted by Gasteiger charge is 2.17. The molecule has 1 saturated carbocycles. The number of nitrogens with zero attached hydrogens (tertiary/aromatic N) is 3. The van der Waals surface area contributed by atoms with E-state index in [2.05, 4.69) is 96.4 Å². The Labute approximate surface area is 257 Å². The van der Waals surface area contributed by atoms with Crippen molar-refractivity contribution in [1.82, 2.24) is 9.97 Å². The Bertz CT molecular complexity index is 1500. The van der Waals surface area contributed by atoms with Crippen molar-refractivity contribution in [2.24, 2.45) is 16.6 Å². The zero-order chi connectivity index (χ0) is 31.2. The lowest BCUT2D eigenvalue weighted by atomic mass is 9.87. The zero-order valence-electron chi connectivity index (χ0n) is 25.6. The fourth-order valence-corrected chi connectivity index (χ4v) is 5.20. The Hall–Kier alpha value is -4.89. The second kappa shape index (κ2) is 16.5. The summed E-state index contributed by atoms with van der Waals surface area (Å²) in [7, 11) is 0. The van der Waals surface area contributed by atoms with Crippen LogP contribution in [0.5, 0.6) is 0 Å². The van der Waals surface area contributed by atoms with Gasteiger partial charge in [0.25, 0.3) is 0 Å². The average molecular weight is 573 g/mol. The standard InChI is InChI=1S/C35H42N6.C2H2/c1-24-10-9-13-29(18-24)33-22-39-23-35(26(33)3)40-25(2)14-15-31(36)16-17-34(37-5)30-19-32(21-38-20-30)41-27(4)28-11-7-6-8-12-28;1-2/h9-10,13,16-23,28,40-41H,2,4-8,11-12,14-15,36H2,1,3H3;1-2H/b31-16+,34-17-;. The fraction of sp³-hybridized carbons (Fsp3) is 0.270. The summed E-state index contributed by atoms with van der Waals surface area (Å²) in [4.78, 5) is 13.1. The highest BCUT2D eigenvalue weighted by molar-refractivity contribution is 5.73. The minimum Gasteiger partial charge on any atom is -0.402 e. The quantitative estimate of drug-likeness (QED) is 0.115. The van der Waals surface area contributed by atoms with Gasteiger partial charge in [-0.2, -0.15) is 0 Å². The van der Waals surface area contributed by atoms with Crippen LogP contribution >= 0.6 is 0 Å². The number of anilines is 2. The van der Waals surface area contributed by atoms with Crippen LogP contribution in [0.2, 0.25) is 0 Å². The van der Waals surface area contributed by atoms with Gasteiger partial charge in [-0.1, -0.05) is 62.2 Å². The average Bonchev–Trinajstić information content (AvgIpc) is 3.03. The van der Waals surface area contributed by atoms with E-state index in [9.17, 15) is 0 Å². The van der Waals surface area contributed by atoms with Gasteiger partial charge in [0.15, 0.2) is 0 Å². The van der Waals surface area contributed by atoms with Crippen LogP contribution in [0.1, 0.15) is 61.6 Å². The van der Waals surface area contributed by atoms with Crippen molar-refractivity contribution in [2.45, 2.75) is 58.8 Å². The first-order valence-electron chi connectivity index (χ1n) is 14.7. The van der Waals surface area contributed by atoms with Crippen molar-refractivity contribution in [3.05, 3.63) is 114 Å². The molecule has 43 heavy (non-hydrogen) atoms. The van der Waals surface area contributed by atoms with Gasteiger partial charge in [0.1, 0.15) is 0 Å². The van der Waals surface area contributed by atoms with Gasteiger partial charge in [-0.3, -0.25) is 15.0 Å². The van der Waals surface area contributed by atoms with Crippen LogP contribution in [-0.4, -0.2) is 16.7 Å². The lowest BCUT2D eigenvalue weighted by Gasteiger charge is -2.24. The van der Waals surface area contributed by atoms with E-state index in [1.165, 1.54) is 37.7 Å². The molecule has 0 radical (unpaired) electrons. The molecule has 0 spiro atoms. The Morgan fingerprint density at radius 3 is 2.44 bits per heavy atom. The summed E-state index contributed by atoms with van der Waals surface area (Å²) < 4.78 is 0. The molecule has 1 fully saturated rings. The number of pyridine rings is 2. The van der Waals surface area contributed by atoms with E-state index in [0.29, 0.717) is 24.5 Å². The Kier molecular flexibility index (Phi) is 12.5. The number of benzene rings is 1. The van der Waals surface area contributed by atoms with Gasteiger partial charge < -0.3 is 16.4 Å². The SMILES string of the molecule is C#C.C=N/C(=C\C=C(\N)CCC(=C)Nc1cncc(-c2cccc(C)c2)c1C)c1cncc(NC(=C)C2CCCCC2)c1. The molecule has 4 rings (SSSR count). The topological polar surface area (TPSA) is 88.2 Å². The number of aromatic nitrogens is 2. The summed E-state index contributed by atoms with van der Waals surface area (Å²) >= 11 is 0. The van der Waals surface area contributed by atoms with Gasteiger partial charge in [0.05, 0.1) is 29.5 Å². The van der Waals surface area contributed by atoms with Crippen LogP contribution in [-0.2, 0) is 0 Å². The first-order valence-corrected chi connectivity index (χ1v) is 14.7. The van der Waals surface area contributed by atoms with E-state index in [-0.39, 0.29) is 0 Å². The van der Waals surface area contributed by atoms with Crippen LogP contribution in [0.4, 0.5) is 11.4 Å². The number of rotatable bonds is 12. The predicted molar refractivity (Wildman–Crippen MR) is 184 cm³/mol. The third kappa shape index (κ3) is 9.58. The van der Waals surface area contributed by atoms with Gasteiger partial charge in [-0.05, 0) is 81.5 Å². The summed E-state index contributed by atoms with van der Waals surface area (Å²) in [5.41, 5.74) is 17.1. The van der Waals surface area contributed by atoms with Gasteiger partial charge in [0, 0.05) is 40.6 Å². The Balaban J connectivity index is 0.00000248. The minimum atomic E-state index is 0.518. The minimum absolute atomic E-state index is 0.518. The molecule has 6 heteroatoms. The molecular weight excluding hydrogens is 528 g/mol. The van der Waals surface area contributed by atoms with Crippen molar-refractivity contribution in [3.63, 3.8) is 0 Å². The second-order valence-electron chi connectivity index (χ2n) is 10.9. The smallest absolute Gasteiger partial charge is 0.0711 e. The maximum Gasteiger partial charge on any atom is 0.0711 e. The highest BCUT2D eigenvalue weighted by atomic mass is 14.9. The molecule has 0 unspecified atom stereocenters. The predicted octanol–water partition coefficient (Wildman–Crippen LogP) is 8.81. The highest BCUT2D eigenvalue weighted by Crippen LogP contribution is 2.31. The van der Waals surface area contributed by atoms with Gasteiger partial charge in [-0.15, -0.1) is 12.8 Å². The number of aryl methyl sites for hydroxylation is 1. The van der Waals surface area contributed by atoms with E-state index in [1.807, 2.05) is 36.8 Å². The second-order valence-corrected chi connectivity index (χ2v) is 10.9. The number of nitrogens with one attached hydrogen (secondary N) is 2. The third-order valence-electron chi connectivity index (χ3n) is 7.63. The molecule has 1 aliphatic rings. The summed E-state index contributed by atoms with van der Waals surface area (Å²) in [6.45, 7) is 16.5. The molecule has 4 N–H and O–H groups in total. The molecule has 3 aromatic rings. The fourth-order valence-electron chi connectivity index (χ4n) is 5.20. The van der Waals surface area contributed by atoms with Crippen LogP contribution in [0.25, 0.3) is 16.8 Å². The van der Waals surface area contributed by atoms with Crippen molar-refractivity contribution in [2.75, 3.05) is 10.6 Å². The zero-order valence-corrected chi connectivity index (χ0v) is 25.6. The Morgan fingerprint density at radius 1 is 0.977 bits per heavy atom. The van der Waals surface area contributed by atoms with Crippen LogP contribution in [0.15, 0.2) is 103 Å². The molecule has 0 aliphatic heterocycles. The number of aliphatic imine (C=N–C) groups is 1. The van der Waals surface area contributed by atoms with Crippen LogP contribution in [0, 0.1) is 32.6 Å². The first-order chi connectivity index (χ1) is 20.8. The monoisotopic (exact) mass is 572 g/mol. The van der Waals surface area contributed by atoms with Crippen LogP contribution in [0.3, 0.4) is 0 Å². The molecule has 0 bridgehead atoms. The molecule has 6 nitrogen and oxygen atoms in total. The molecular formula is C37H44N6. The van der Waals surface area contributed by atoms with Crippen molar-refractivity contribution < 1.29 is 0 Å². The molecule has 0 atom stereocenters. The number of allylic oxidation sites excluding steroid dienone is 5. The number of hydrogen-bond acceptors (Lipinski definition) is 6. The molecule has 1 aromatic carbocycles. The van der Waals surface area contributed by atoms with E-state index in [1.54, 1.807) is 6.20 Å². The van der Waals surface area contributed by atoms with Crippen molar-refractivity contribution in [3.8, 4) is 24.0 Å². The van der Waals surface area contributed by atoms with Crippen LogP contribution < -0.4 is 16.4 Å². The summed E-state index contributed by atoms with van der Waals surface area (Å²) in [6, 6.07) is 10.5. The lowest BCUT2D eigenvalue weighted by molar-refractivity contribution is 0.405. The van der Waals surface area contributed by atoms with Gasteiger partial charge >= 0.3 is 0 Å². The van der Waals surface area contributed by atoms with E-state index in [4.69, 9.17) is 5.73 Å². The van der Waals surface area contributed by atoms with Gasteiger partial charge in [-0.25, -0.2) is 0 Å².